The number of rotatable bonds is 2. The van der Waals surface area contributed by atoms with Crippen LogP contribution < -0.4 is 0 Å². The number of aromatic nitrogens is 4. The third-order valence-electron chi connectivity index (χ3n) is 5.95. The summed E-state index contributed by atoms with van der Waals surface area (Å²) in [7, 11) is 0. The third-order valence-corrected chi connectivity index (χ3v) is 5.95. The molecule has 0 N–H and O–H groups in total. The Balaban J connectivity index is 0.00000185. The number of para-hydroxylation sites is 1. The molecule has 0 saturated carbocycles. The van der Waals surface area contributed by atoms with Gasteiger partial charge in [-0.15, -0.1) is 0 Å². The molecule has 0 unspecified atom stereocenters. The van der Waals surface area contributed by atoms with Gasteiger partial charge in [-0.2, -0.15) is 5.16 Å². The van der Waals surface area contributed by atoms with Crippen molar-refractivity contribution in [1.29, 1.82) is 0 Å². The Labute approximate surface area is 189 Å². The summed E-state index contributed by atoms with van der Waals surface area (Å²) in [5.74, 6) is 0.783. The SMILES string of the molecule is CCn1c2ccccc2c2cc(-c3cc4c5no[c-]c5c5nccn5c4o3)ccc21.[Ir]. The fourth-order valence-electron chi connectivity index (χ4n) is 4.62. The van der Waals surface area contributed by atoms with Crippen LogP contribution in [0.25, 0.3) is 60.8 Å². The first kappa shape index (κ1) is 18.4. The molecule has 153 valence electrons. The van der Waals surface area contributed by atoms with Crippen molar-refractivity contribution in [2.24, 2.45) is 0 Å². The van der Waals surface area contributed by atoms with Crippen LogP contribution in [0.5, 0.6) is 0 Å². The van der Waals surface area contributed by atoms with Gasteiger partial charge in [0.1, 0.15) is 5.76 Å². The second-order valence-electron chi connectivity index (χ2n) is 7.45. The zero-order valence-electron chi connectivity index (χ0n) is 16.4. The Morgan fingerprint density at radius 3 is 2.77 bits per heavy atom. The van der Waals surface area contributed by atoms with Gasteiger partial charge in [-0.25, -0.2) is 0 Å². The molecule has 5 aromatic heterocycles. The largest absolute Gasteiger partial charge is 0.441 e. The van der Waals surface area contributed by atoms with Crippen LogP contribution in [0.3, 0.4) is 0 Å². The van der Waals surface area contributed by atoms with Gasteiger partial charge in [0, 0.05) is 89.2 Å². The van der Waals surface area contributed by atoms with Gasteiger partial charge in [0.05, 0.1) is 0 Å². The number of nitrogens with zero attached hydrogens (tertiary/aromatic N) is 4. The first-order chi connectivity index (χ1) is 14.8. The van der Waals surface area contributed by atoms with Crippen LogP contribution in [0.4, 0.5) is 0 Å². The van der Waals surface area contributed by atoms with Crippen LogP contribution in [0.1, 0.15) is 6.92 Å². The third kappa shape index (κ3) is 2.36. The van der Waals surface area contributed by atoms with Crippen molar-refractivity contribution in [1.82, 2.24) is 19.1 Å². The van der Waals surface area contributed by atoms with E-state index in [-0.39, 0.29) is 20.1 Å². The molecule has 0 amide bonds. The molecule has 31 heavy (non-hydrogen) atoms. The van der Waals surface area contributed by atoms with E-state index < -0.39 is 0 Å². The number of pyridine rings is 1. The van der Waals surface area contributed by atoms with E-state index >= 15 is 0 Å². The number of furan rings is 1. The number of benzene rings is 2. The molecule has 0 aliphatic rings. The molecule has 2 aromatic carbocycles. The van der Waals surface area contributed by atoms with E-state index in [2.05, 4.69) is 70.4 Å². The average molecular weight is 584 g/mol. The van der Waals surface area contributed by atoms with E-state index in [1.54, 1.807) is 6.20 Å². The van der Waals surface area contributed by atoms with Crippen LogP contribution in [0.2, 0.25) is 0 Å². The van der Waals surface area contributed by atoms with Crippen molar-refractivity contribution in [3.8, 4) is 11.3 Å². The Bertz CT molecular complexity index is 1680. The summed E-state index contributed by atoms with van der Waals surface area (Å²) < 4.78 is 15.7. The predicted molar refractivity (Wildman–Crippen MR) is 115 cm³/mol. The number of imidazole rings is 1. The fourth-order valence-corrected chi connectivity index (χ4v) is 4.62. The van der Waals surface area contributed by atoms with Gasteiger partial charge in [0.15, 0.2) is 5.71 Å². The standard InChI is InChI=1S/C24H15N4O2.Ir/c1-2-27-19-6-4-3-5-15(19)16-11-14(7-8-20(16)27)21-12-17-22-18(13-29-26-22)23-25-9-10-28(23)24(17)30-21;/h3-12H,2H2,1H3;/q-1;. The summed E-state index contributed by atoms with van der Waals surface area (Å²) >= 11 is 0. The van der Waals surface area contributed by atoms with Crippen molar-refractivity contribution in [3.05, 3.63) is 67.2 Å². The number of hydrogen-bond acceptors (Lipinski definition) is 4. The molecule has 0 fully saturated rings. The average Bonchev–Trinajstić information content (AvgIpc) is 3.56. The van der Waals surface area contributed by atoms with Gasteiger partial charge >= 0.3 is 0 Å². The molecule has 0 aliphatic heterocycles. The first-order valence-corrected chi connectivity index (χ1v) is 9.90. The molecule has 1 radical (unpaired) electrons. The van der Waals surface area contributed by atoms with Crippen LogP contribution in [-0.4, -0.2) is 19.1 Å². The van der Waals surface area contributed by atoms with E-state index in [0.717, 1.165) is 34.3 Å². The van der Waals surface area contributed by atoms with Gasteiger partial charge in [-0.05, 0) is 37.3 Å². The van der Waals surface area contributed by atoms with Gasteiger partial charge < -0.3 is 22.9 Å². The minimum absolute atomic E-state index is 0. The number of fused-ring (bicyclic) bond motifs is 9. The van der Waals surface area contributed by atoms with Crippen molar-refractivity contribution in [3.63, 3.8) is 0 Å². The van der Waals surface area contributed by atoms with Crippen LogP contribution in [0.15, 0.2) is 69.9 Å². The fraction of sp³-hybridized carbons (Fsp3) is 0.0833. The normalized spacial score (nSPS) is 11.9. The maximum atomic E-state index is 6.32. The van der Waals surface area contributed by atoms with E-state index in [9.17, 15) is 0 Å². The predicted octanol–water partition coefficient (Wildman–Crippen LogP) is 5.81. The van der Waals surface area contributed by atoms with Gasteiger partial charge in [-0.3, -0.25) is 0 Å². The van der Waals surface area contributed by atoms with Gasteiger partial charge in [-0.1, -0.05) is 23.6 Å². The van der Waals surface area contributed by atoms with Crippen LogP contribution >= 0.6 is 0 Å². The molecule has 5 heterocycles. The maximum Gasteiger partial charge on any atom is 0.192 e. The van der Waals surface area contributed by atoms with Crippen molar-refractivity contribution in [2.45, 2.75) is 13.5 Å². The van der Waals surface area contributed by atoms with E-state index in [1.807, 2.05) is 16.7 Å². The van der Waals surface area contributed by atoms with Crippen molar-refractivity contribution < 1.29 is 29.0 Å². The molecule has 7 heteroatoms. The Hall–Kier alpha value is -3.41. The van der Waals surface area contributed by atoms with Gasteiger partial charge in [0.25, 0.3) is 0 Å². The van der Waals surface area contributed by atoms with Gasteiger partial charge in [0.2, 0.25) is 0 Å². The quantitative estimate of drug-likeness (QED) is 0.241. The summed E-state index contributed by atoms with van der Waals surface area (Å²) in [5, 5.41) is 8.24. The molecule has 0 aliphatic carbocycles. The Morgan fingerprint density at radius 1 is 1.00 bits per heavy atom. The molecule has 0 atom stereocenters. The summed E-state index contributed by atoms with van der Waals surface area (Å²) in [6.07, 6.45) is 6.45. The minimum atomic E-state index is 0. The smallest absolute Gasteiger partial charge is 0.192 e. The van der Waals surface area contributed by atoms with E-state index in [0.29, 0.717) is 11.2 Å². The molecular formula is C24H15IrN4O2-. The zero-order chi connectivity index (χ0) is 19.8. The van der Waals surface area contributed by atoms with E-state index in [4.69, 9.17) is 8.94 Å². The minimum Gasteiger partial charge on any atom is -0.441 e. The Morgan fingerprint density at radius 2 is 1.87 bits per heavy atom. The summed E-state index contributed by atoms with van der Waals surface area (Å²) in [4.78, 5) is 4.41. The monoisotopic (exact) mass is 584 g/mol. The summed E-state index contributed by atoms with van der Waals surface area (Å²) in [6.45, 7) is 3.10. The molecule has 7 rings (SSSR count). The second-order valence-corrected chi connectivity index (χ2v) is 7.45. The molecule has 0 saturated heterocycles. The number of hydrogen-bond donors (Lipinski definition) is 0. The maximum absolute atomic E-state index is 6.32. The van der Waals surface area contributed by atoms with Crippen molar-refractivity contribution in [2.75, 3.05) is 0 Å². The molecule has 7 aromatic rings. The zero-order valence-corrected chi connectivity index (χ0v) is 18.8. The van der Waals surface area contributed by atoms with E-state index in [1.165, 1.54) is 21.8 Å². The Kier molecular flexibility index (Phi) is 3.88. The molecule has 0 bridgehead atoms. The van der Waals surface area contributed by atoms with Crippen LogP contribution in [-0.2, 0) is 26.7 Å². The second kappa shape index (κ2) is 6.54. The summed E-state index contributed by atoms with van der Waals surface area (Å²) in [6, 6.07) is 17.0. The molecular weight excluding hydrogens is 569 g/mol. The first-order valence-electron chi connectivity index (χ1n) is 9.90. The topological polar surface area (TPSA) is 61.4 Å². The molecule has 0 spiro atoms. The summed E-state index contributed by atoms with van der Waals surface area (Å²) in [5.41, 5.74) is 5.62. The van der Waals surface area contributed by atoms with Crippen molar-refractivity contribution >= 4 is 49.5 Å². The van der Waals surface area contributed by atoms with Crippen LogP contribution in [0, 0.1) is 6.26 Å². The molecule has 6 nitrogen and oxygen atoms in total. The number of aryl methyl sites for hydroxylation is 1.